The van der Waals surface area contributed by atoms with E-state index in [-0.39, 0.29) is 5.41 Å². The Morgan fingerprint density at radius 3 is 1.76 bits per heavy atom. The summed E-state index contributed by atoms with van der Waals surface area (Å²) in [7, 11) is 0. The molecule has 1 aliphatic rings. The van der Waals surface area contributed by atoms with Crippen molar-refractivity contribution in [3.05, 3.63) is 211 Å². The van der Waals surface area contributed by atoms with E-state index in [9.17, 15) is 0 Å². The molecule has 0 heterocycles. The van der Waals surface area contributed by atoms with Crippen LogP contribution in [0.25, 0.3) is 44.2 Å². The molecule has 1 heteroatoms. The van der Waals surface area contributed by atoms with E-state index in [1.807, 2.05) is 0 Å². The summed E-state index contributed by atoms with van der Waals surface area (Å²) >= 11 is 0. The second kappa shape index (κ2) is 11.8. The maximum absolute atomic E-state index is 2.46. The van der Waals surface area contributed by atoms with Crippen LogP contribution < -0.4 is 4.90 Å². The van der Waals surface area contributed by atoms with Crippen molar-refractivity contribution in [3.8, 4) is 33.4 Å². The molecule has 9 rings (SSSR count). The van der Waals surface area contributed by atoms with Gasteiger partial charge in [-0.3, -0.25) is 0 Å². The molecule has 0 N–H and O–H groups in total. The molecule has 1 nitrogen and oxygen atoms in total. The fraction of sp³-hybridized carbons (Fsp3) is 0.0417. The lowest BCUT2D eigenvalue weighted by molar-refractivity contribution is 0.714. The van der Waals surface area contributed by atoms with Gasteiger partial charge in [0.15, 0.2) is 0 Å². The molecule has 0 saturated carbocycles. The molecule has 0 amide bonds. The predicted molar refractivity (Wildman–Crippen MR) is 207 cm³/mol. The van der Waals surface area contributed by atoms with Crippen LogP contribution >= 0.6 is 0 Å². The Bertz CT molecular complexity index is 2440. The third-order valence-corrected chi connectivity index (χ3v) is 10.3. The molecule has 1 aliphatic carbocycles. The maximum Gasteiger partial charge on any atom is 0.0543 e. The number of nitrogens with zero attached hydrogens (tertiary/aromatic N) is 1. The van der Waals surface area contributed by atoms with E-state index in [1.54, 1.807) is 0 Å². The third-order valence-electron chi connectivity index (χ3n) is 10.3. The molecule has 1 unspecified atom stereocenters. The number of anilines is 3. The zero-order valence-electron chi connectivity index (χ0n) is 27.4. The predicted octanol–water partition coefficient (Wildman–Crippen LogP) is 13.0. The van der Waals surface area contributed by atoms with Crippen LogP contribution in [0.15, 0.2) is 194 Å². The Labute approximate surface area is 288 Å². The zero-order chi connectivity index (χ0) is 32.8. The molecular formula is C48H35N. The SMILES string of the molecule is CC1(c2ccccc2)c2ccccc2-c2c(N(c3cccc(-c4ccc(-c5ccccc5)cc4)c3)c3ccc4ccccc4c3)cccc21. The summed E-state index contributed by atoms with van der Waals surface area (Å²) in [6.45, 7) is 2.39. The summed E-state index contributed by atoms with van der Waals surface area (Å²) in [6.07, 6.45) is 0. The fourth-order valence-electron chi connectivity index (χ4n) is 7.84. The lowest BCUT2D eigenvalue weighted by Crippen LogP contribution is -2.22. The maximum atomic E-state index is 2.46. The molecule has 8 aromatic rings. The van der Waals surface area contributed by atoms with Crippen molar-refractivity contribution in [1.82, 2.24) is 0 Å². The van der Waals surface area contributed by atoms with Gasteiger partial charge in [0.05, 0.1) is 5.69 Å². The molecule has 0 radical (unpaired) electrons. The molecule has 0 aromatic heterocycles. The van der Waals surface area contributed by atoms with Gasteiger partial charge in [0, 0.05) is 22.4 Å². The van der Waals surface area contributed by atoms with Crippen LogP contribution in [0.1, 0.15) is 23.6 Å². The van der Waals surface area contributed by atoms with Gasteiger partial charge in [0.1, 0.15) is 0 Å². The van der Waals surface area contributed by atoms with Gasteiger partial charge in [0.25, 0.3) is 0 Å². The molecule has 0 saturated heterocycles. The number of fused-ring (bicyclic) bond motifs is 4. The highest BCUT2D eigenvalue weighted by Crippen LogP contribution is 2.56. The van der Waals surface area contributed by atoms with Crippen molar-refractivity contribution < 1.29 is 0 Å². The van der Waals surface area contributed by atoms with E-state index in [0.29, 0.717) is 0 Å². The largest absolute Gasteiger partial charge is 0.310 e. The van der Waals surface area contributed by atoms with E-state index in [2.05, 4.69) is 206 Å². The van der Waals surface area contributed by atoms with Crippen LogP contribution in [0.3, 0.4) is 0 Å². The molecular weight excluding hydrogens is 591 g/mol. The molecule has 49 heavy (non-hydrogen) atoms. The van der Waals surface area contributed by atoms with Crippen LogP contribution in [-0.4, -0.2) is 0 Å². The van der Waals surface area contributed by atoms with E-state index in [1.165, 1.54) is 66.5 Å². The average Bonchev–Trinajstić information content (AvgIpc) is 3.45. The van der Waals surface area contributed by atoms with E-state index in [0.717, 1.165) is 11.4 Å². The van der Waals surface area contributed by atoms with Crippen LogP contribution in [-0.2, 0) is 5.41 Å². The van der Waals surface area contributed by atoms with Gasteiger partial charge in [-0.25, -0.2) is 0 Å². The minimum atomic E-state index is -0.277. The summed E-state index contributed by atoms with van der Waals surface area (Å²) in [6, 6.07) is 70.7. The van der Waals surface area contributed by atoms with Crippen molar-refractivity contribution in [2.45, 2.75) is 12.3 Å². The molecule has 8 aromatic carbocycles. The van der Waals surface area contributed by atoms with Crippen molar-refractivity contribution in [1.29, 1.82) is 0 Å². The Balaban J connectivity index is 1.24. The van der Waals surface area contributed by atoms with E-state index < -0.39 is 0 Å². The summed E-state index contributed by atoms with van der Waals surface area (Å²) in [4.78, 5) is 2.46. The first kappa shape index (κ1) is 29.0. The first-order chi connectivity index (χ1) is 24.2. The normalized spacial score (nSPS) is 14.7. The quantitative estimate of drug-likeness (QED) is 0.178. The first-order valence-corrected chi connectivity index (χ1v) is 17.0. The van der Waals surface area contributed by atoms with E-state index in [4.69, 9.17) is 0 Å². The number of hydrogen-bond acceptors (Lipinski definition) is 1. The van der Waals surface area contributed by atoms with Crippen LogP contribution in [0.4, 0.5) is 17.1 Å². The van der Waals surface area contributed by atoms with E-state index >= 15 is 0 Å². The Morgan fingerprint density at radius 2 is 0.959 bits per heavy atom. The zero-order valence-corrected chi connectivity index (χ0v) is 27.4. The highest BCUT2D eigenvalue weighted by Gasteiger charge is 2.42. The van der Waals surface area contributed by atoms with Gasteiger partial charge >= 0.3 is 0 Å². The Kier molecular flexibility index (Phi) is 6.99. The molecule has 0 aliphatic heterocycles. The summed E-state index contributed by atoms with van der Waals surface area (Å²) in [5.74, 6) is 0. The lowest BCUT2D eigenvalue weighted by atomic mass is 9.74. The number of hydrogen-bond donors (Lipinski definition) is 0. The summed E-state index contributed by atoms with van der Waals surface area (Å²) in [5, 5.41) is 2.46. The van der Waals surface area contributed by atoms with Gasteiger partial charge in [-0.15, -0.1) is 0 Å². The number of rotatable bonds is 6. The minimum absolute atomic E-state index is 0.277. The van der Waals surface area contributed by atoms with Crippen molar-refractivity contribution >= 4 is 27.8 Å². The minimum Gasteiger partial charge on any atom is -0.310 e. The molecule has 0 spiro atoms. The molecule has 0 bridgehead atoms. The van der Waals surface area contributed by atoms with Crippen molar-refractivity contribution in [3.63, 3.8) is 0 Å². The lowest BCUT2D eigenvalue weighted by Gasteiger charge is -2.31. The van der Waals surface area contributed by atoms with Gasteiger partial charge < -0.3 is 4.90 Å². The van der Waals surface area contributed by atoms with Crippen molar-refractivity contribution in [2.24, 2.45) is 0 Å². The Morgan fingerprint density at radius 1 is 0.388 bits per heavy atom. The smallest absolute Gasteiger partial charge is 0.0543 e. The second-order valence-corrected chi connectivity index (χ2v) is 13.1. The molecule has 1 atom stereocenters. The Hall–Kier alpha value is -6.18. The van der Waals surface area contributed by atoms with Crippen molar-refractivity contribution in [2.75, 3.05) is 4.90 Å². The third kappa shape index (κ3) is 4.86. The average molecular weight is 626 g/mol. The first-order valence-electron chi connectivity index (χ1n) is 17.0. The highest BCUT2D eigenvalue weighted by molar-refractivity contribution is 5.98. The summed E-state index contributed by atoms with van der Waals surface area (Å²) < 4.78 is 0. The fourth-order valence-corrected chi connectivity index (χ4v) is 7.84. The standard InChI is InChI=1S/C48H35N/c1-48(40-19-6-3-7-20-40)44-23-11-10-22-43(44)47-45(48)24-13-25-46(47)49(42-31-30-35-16-8-9-17-38(35)33-42)41-21-12-18-39(32-41)37-28-26-36(27-29-37)34-14-4-2-5-15-34/h2-33H,1H3. The van der Waals surface area contributed by atoms with Gasteiger partial charge in [-0.2, -0.15) is 0 Å². The van der Waals surface area contributed by atoms with Crippen LogP contribution in [0, 0.1) is 0 Å². The number of benzene rings is 8. The second-order valence-electron chi connectivity index (χ2n) is 13.1. The topological polar surface area (TPSA) is 3.24 Å². The molecule has 232 valence electrons. The monoisotopic (exact) mass is 625 g/mol. The van der Waals surface area contributed by atoms with Gasteiger partial charge in [-0.05, 0) is 92.5 Å². The highest BCUT2D eigenvalue weighted by atomic mass is 15.1. The van der Waals surface area contributed by atoms with Crippen LogP contribution in [0.2, 0.25) is 0 Å². The van der Waals surface area contributed by atoms with Gasteiger partial charge in [0.2, 0.25) is 0 Å². The van der Waals surface area contributed by atoms with Gasteiger partial charge in [-0.1, -0.05) is 164 Å². The molecule has 0 fully saturated rings. The van der Waals surface area contributed by atoms with Crippen LogP contribution in [0.5, 0.6) is 0 Å². The summed E-state index contributed by atoms with van der Waals surface area (Å²) in [5.41, 5.74) is 14.5.